The van der Waals surface area contributed by atoms with E-state index >= 15 is 0 Å². The summed E-state index contributed by atoms with van der Waals surface area (Å²) in [5, 5.41) is 0. The average molecular weight is 413 g/mol. The van der Waals surface area contributed by atoms with Gasteiger partial charge in [-0.3, -0.25) is 4.79 Å². The third-order valence-electron chi connectivity index (χ3n) is 11.2. The standard InChI is InChI=1S/C29H48O/c1-7-21(19(2)3)9-8-20(4)25-12-13-26-24-11-10-22-18-23(30)14-16-28(22,5)27(24)15-17-29(25,26)6/h8-9,19-22,24-27H,7,10-18H2,1-6H3/t20-,21+,22+,24-,25+,26-,27-,28-,29+/m0/s1. The van der Waals surface area contributed by atoms with Crippen molar-refractivity contribution in [2.24, 2.45) is 58.2 Å². The molecule has 30 heavy (non-hydrogen) atoms. The molecule has 0 aromatic rings. The lowest BCUT2D eigenvalue weighted by atomic mass is 9.44. The number of hydrogen-bond donors (Lipinski definition) is 0. The molecule has 0 unspecified atom stereocenters. The van der Waals surface area contributed by atoms with E-state index in [0.29, 0.717) is 28.4 Å². The van der Waals surface area contributed by atoms with E-state index in [1.807, 2.05) is 0 Å². The fourth-order valence-electron chi connectivity index (χ4n) is 9.23. The lowest BCUT2D eigenvalue weighted by Gasteiger charge is -2.60. The van der Waals surface area contributed by atoms with Gasteiger partial charge in [-0.1, -0.05) is 53.7 Å². The van der Waals surface area contributed by atoms with E-state index in [1.165, 1.54) is 51.4 Å². The van der Waals surface area contributed by atoms with E-state index in [-0.39, 0.29) is 0 Å². The summed E-state index contributed by atoms with van der Waals surface area (Å²) in [6.45, 7) is 14.8. The van der Waals surface area contributed by atoms with Crippen LogP contribution in [0.5, 0.6) is 0 Å². The number of ketones is 1. The Morgan fingerprint density at radius 1 is 0.933 bits per heavy atom. The van der Waals surface area contributed by atoms with Crippen molar-refractivity contribution in [1.82, 2.24) is 0 Å². The molecule has 4 aliphatic carbocycles. The SMILES string of the molecule is CC[C@H](C=C[C@H](C)[C@H]1CC[C@H]2[C@@H]3CC[C@@H]4CC(=O)CC[C@]4(C)[C@H]3CC[C@]12C)C(C)C. The smallest absolute Gasteiger partial charge is 0.133 e. The molecule has 0 bridgehead atoms. The number of allylic oxidation sites excluding steroid dienone is 2. The van der Waals surface area contributed by atoms with Gasteiger partial charge in [-0.15, -0.1) is 0 Å². The molecule has 0 radical (unpaired) electrons. The van der Waals surface area contributed by atoms with Crippen molar-refractivity contribution in [1.29, 1.82) is 0 Å². The molecule has 0 aromatic heterocycles. The Kier molecular flexibility index (Phi) is 6.33. The van der Waals surface area contributed by atoms with Crippen molar-refractivity contribution >= 4 is 5.78 Å². The predicted octanol–water partition coefficient (Wildman–Crippen LogP) is 8.09. The van der Waals surface area contributed by atoms with Crippen LogP contribution in [0.3, 0.4) is 0 Å². The Balaban J connectivity index is 1.50. The first-order chi connectivity index (χ1) is 14.2. The molecule has 1 heteroatoms. The minimum atomic E-state index is 0.452. The van der Waals surface area contributed by atoms with Crippen LogP contribution in [0, 0.1) is 58.2 Å². The molecule has 0 aromatic carbocycles. The molecule has 9 atom stereocenters. The van der Waals surface area contributed by atoms with Gasteiger partial charge in [0.1, 0.15) is 5.78 Å². The number of fused-ring (bicyclic) bond motifs is 5. The molecule has 4 aliphatic rings. The molecule has 4 rings (SSSR count). The molecule has 0 amide bonds. The van der Waals surface area contributed by atoms with Gasteiger partial charge in [0.05, 0.1) is 0 Å². The summed E-state index contributed by atoms with van der Waals surface area (Å²) >= 11 is 0. The van der Waals surface area contributed by atoms with Gasteiger partial charge in [0.25, 0.3) is 0 Å². The minimum Gasteiger partial charge on any atom is -0.300 e. The number of rotatable bonds is 5. The summed E-state index contributed by atoms with van der Waals surface area (Å²) < 4.78 is 0. The Labute approximate surface area is 186 Å². The summed E-state index contributed by atoms with van der Waals surface area (Å²) in [6, 6.07) is 0. The number of hydrogen-bond acceptors (Lipinski definition) is 1. The Morgan fingerprint density at radius 2 is 1.67 bits per heavy atom. The Morgan fingerprint density at radius 3 is 2.37 bits per heavy atom. The number of carbonyl (C=O) groups is 1. The van der Waals surface area contributed by atoms with Gasteiger partial charge < -0.3 is 0 Å². The molecule has 0 saturated heterocycles. The van der Waals surface area contributed by atoms with Gasteiger partial charge in [0.2, 0.25) is 0 Å². The molecule has 4 saturated carbocycles. The van der Waals surface area contributed by atoms with Crippen LogP contribution in [0.15, 0.2) is 12.2 Å². The zero-order valence-corrected chi connectivity index (χ0v) is 20.8. The maximum Gasteiger partial charge on any atom is 0.133 e. The van der Waals surface area contributed by atoms with Crippen LogP contribution in [0.2, 0.25) is 0 Å². The molecular weight excluding hydrogens is 364 g/mol. The van der Waals surface area contributed by atoms with Gasteiger partial charge >= 0.3 is 0 Å². The molecule has 0 spiro atoms. The van der Waals surface area contributed by atoms with Crippen molar-refractivity contribution in [2.75, 3.05) is 0 Å². The van der Waals surface area contributed by atoms with Crippen molar-refractivity contribution < 1.29 is 4.79 Å². The predicted molar refractivity (Wildman–Crippen MR) is 127 cm³/mol. The summed E-state index contributed by atoms with van der Waals surface area (Å²) in [7, 11) is 0. The molecular formula is C29H48O. The second-order valence-corrected chi connectivity index (χ2v) is 12.7. The highest BCUT2D eigenvalue weighted by atomic mass is 16.1. The summed E-state index contributed by atoms with van der Waals surface area (Å²) in [6.07, 6.45) is 17.8. The van der Waals surface area contributed by atoms with Crippen LogP contribution in [0.1, 0.15) is 106 Å². The second kappa shape index (κ2) is 8.40. The molecule has 1 nitrogen and oxygen atoms in total. The normalized spacial score (nSPS) is 45.8. The highest BCUT2D eigenvalue weighted by molar-refractivity contribution is 5.79. The zero-order chi connectivity index (χ0) is 21.7. The first-order valence-electron chi connectivity index (χ1n) is 13.4. The van der Waals surface area contributed by atoms with Crippen LogP contribution in [0.25, 0.3) is 0 Å². The van der Waals surface area contributed by atoms with Gasteiger partial charge in [-0.05, 0) is 110 Å². The molecule has 0 aliphatic heterocycles. The van der Waals surface area contributed by atoms with E-state index in [2.05, 4.69) is 53.7 Å². The molecule has 4 fully saturated rings. The lowest BCUT2D eigenvalue weighted by molar-refractivity contribution is -0.140. The van der Waals surface area contributed by atoms with Crippen LogP contribution >= 0.6 is 0 Å². The largest absolute Gasteiger partial charge is 0.300 e. The van der Waals surface area contributed by atoms with E-state index in [4.69, 9.17) is 0 Å². The number of Topliss-reactive ketones (excluding diaryl/α,β-unsaturated/α-hetero) is 1. The van der Waals surface area contributed by atoms with Crippen molar-refractivity contribution in [2.45, 2.75) is 106 Å². The average Bonchev–Trinajstić information content (AvgIpc) is 3.06. The Hall–Kier alpha value is -0.590. The first kappa shape index (κ1) is 22.6. The third kappa shape index (κ3) is 3.65. The fourth-order valence-corrected chi connectivity index (χ4v) is 9.23. The van der Waals surface area contributed by atoms with Crippen molar-refractivity contribution in [3.63, 3.8) is 0 Å². The second-order valence-electron chi connectivity index (χ2n) is 12.7. The maximum absolute atomic E-state index is 12.1. The van der Waals surface area contributed by atoms with Crippen molar-refractivity contribution in [3.05, 3.63) is 12.2 Å². The van der Waals surface area contributed by atoms with E-state index in [1.54, 1.807) is 0 Å². The third-order valence-corrected chi connectivity index (χ3v) is 11.2. The van der Waals surface area contributed by atoms with Crippen LogP contribution in [0.4, 0.5) is 0 Å². The van der Waals surface area contributed by atoms with Gasteiger partial charge in [-0.2, -0.15) is 0 Å². The highest BCUT2D eigenvalue weighted by Crippen LogP contribution is 2.68. The maximum atomic E-state index is 12.1. The summed E-state index contributed by atoms with van der Waals surface area (Å²) in [5.74, 6) is 7.04. The van der Waals surface area contributed by atoms with Gasteiger partial charge in [0, 0.05) is 12.8 Å². The van der Waals surface area contributed by atoms with E-state index in [9.17, 15) is 4.79 Å². The number of carbonyl (C=O) groups excluding carboxylic acids is 1. The fraction of sp³-hybridized carbons (Fsp3) is 0.897. The molecule has 170 valence electrons. The summed E-state index contributed by atoms with van der Waals surface area (Å²) in [4.78, 5) is 12.1. The monoisotopic (exact) mass is 412 g/mol. The zero-order valence-electron chi connectivity index (χ0n) is 20.8. The summed E-state index contributed by atoms with van der Waals surface area (Å²) in [5.41, 5.74) is 0.992. The van der Waals surface area contributed by atoms with Gasteiger partial charge in [-0.25, -0.2) is 0 Å². The van der Waals surface area contributed by atoms with Crippen LogP contribution < -0.4 is 0 Å². The van der Waals surface area contributed by atoms with Crippen LogP contribution in [-0.2, 0) is 4.79 Å². The lowest BCUT2D eigenvalue weighted by Crippen LogP contribution is -2.53. The van der Waals surface area contributed by atoms with Gasteiger partial charge in [0.15, 0.2) is 0 Å². The first-order valence-corrected chi connectivity index (χ1v) is 13.4. The molecule has 0 heterocycles. The molecule has 0 N–H and O–H groups in total. The quantitative estimate of drug-likeness (QED) is 0.417. The highest BCUT2D eigenvalue weighted by Gasteiger charge is 2.60. The van der Waals surface area contributed by atoms with Crippen LogP contribution in [-0.4, -0.2) is 5.78 Å². The minimum absolute atomic E-state index is 0.452. The topological polar surface area (TPSA) is 17.1 Å². The van der Waals surface area contributed by atoms with E-state index in [0.717, 1.165) is 48.3 Å². The Bertz CT molecular complexity index is 661. The van der Waals surface area contributed by atoms with Crippen molar-refractivity contribution in [3.8, 4) is 0 Å². The van der Waals surface area contributed by atoms with E-state index < -0.39 is 0 Å².